The van der Waals surface area contributed by atoms with E-state index in [0.29, 0.717) is 18.3 Å². The smallest absolute Gasteiger partial charge is 0.246 e. The molecule has 0 amide bonds. The summed E-state index contributed by atoms with van der Waals surface area (Å²) in [7, 11) is 0. The largest absolute Gasteiger partial charge is 0.360 e. The minimum Gasteiger partial charge on any atom is -0.360 e. The standard InChI is InChI=1S/C15H12N6OS/c1-9-6-11-14(18-8-19-15(11)23-9)17-7-12-20-13(21-22-12)10-2-4-16-5-3-10/h2-6,8H,7H2,1H3,(H,17,18,19). The van der Waals surface area contributed by atoms with E-state index in [4.69, 9.17) is 4.52 Å². The molecule has 0 radical (unpaired) electrons. The maximum Gasteiger partial charge on any atom is 0.246 e. The first-order valence-corrected chi connectivity index (χ1v) is 7.79. The number of thiophene rings is 1. The van der Waals surface area contributed by atoms with Gasteiger partial charge in [0.15, 0.2) is 0 Å². The third-order valence-electron chi connectivity index (χ3n) is 3.27. The van der Waals surface area contributed by atoms with Crippen molar-refractivity contribution in [2.45, 2.75) is 13.5 Å². The van der Waals surface area contributed by atoms with Crippen LogP contribution in [0, 0.1) is 6.92 Å². The number of nitrogens with zero attached hydrogens (tertiary/aromatic N) is 5. The van der Waals surface area contributed by atoms with Gasteiger partial charge in [0.25, 0.3) is 0 Å². The lowest BCUT2D eigenvalue weighted by molar-refractivity contribution is 0.384. The highest BCUT2D eigenvalue weighted by molar-refractivity contribution is 7.18. The molecule has 0 aliphatic heterocycles. The van der Waals surface area contributed by atoms with Crippen LogP contribution in [0.25, 0.3) is 21.6 Å². The summed E-state index contributed by atoms with van der Waals surface area (Å²) in [5.41, 5.74) is 0.868. The Kier molecular flexibility index (Phi) is 3.43. The van der Waals surface area contributed by atoms with Crippen LogP contribution in [0.15, 0.2) is 41.4 Å². The zero-order valence-electron chi connectivity index (χ0n) is 12.2. The van der Waals surface area contributed by atoms with Gasteiger partial charge in [-0.1, -0.05) is 5.16 Å². The molecule has 4 heterocycles. The number of anilines is 1. The predicted octanol–water partition coefficient (Wildman–Crippen LogP) is 3.06. The average molecular weight is 324 g/mol. The monoisotopic (exact) mass is 324 g/mol. The molecule has 0 spiro atoms. The van der Waals surface area contributed by atoms with Gasteiger partial charge in [0.05, 0.1) is 11.9 Å². The van der Waals surface area contributed by atoms with Crippen molar-refractivity contribution < 1.29 is 4.52 Å². The van der Waals surface area contributed by atoms with E-state index in [-0.39, 0.29) is 0 Å². The minimum atomic E-state index is 0.402. The quantitative estimate of drug-likeness (QED) is 0.617. The highest BCUT2D eigenvalue weighted by Gasteiger charge is 2.10. The van der Waals surface area contributed by atoms with E-state index in [2.05, 4.69) is 43.4 Å². The predicted molar refractivity (Wildman–Crippen MR) is 87.0 cm³/mol. The van der Waals surface area contributed by atoms with Crippen molar-refractivity contribution in [2.24, 2.45) is 0 Å². The molecule has 4 aromatic heterocycles. The first-order valence-electron chi connectivity index (χ1n) is 6.97. The number of fused-ring (bicyclic) bond motifs is 1. The second-order valence-electron chi connectivity index (χ2n) is 4.90. The number of rotatable bonds is 4. The summed E-state index contributed by atoms with van der Waals surface area (Å²) in [5.74, 6) is 1.81. The number of aromatic nitrogens is 5. The van der Waals surface area contributed by atoms with Crippen molar-refractivity contribution in [2.75, 3.05) is 5.32 Å². The molecule has 4 aromatic rings. The third kappa shape index (κ3) is 2.76. The molecule has 7 nitrogen and oxygen atoms in total. The van der Waals surface area contributed by atoms with Crippen LogP contribution in [-0.4, -0.2) is 25.1 Å². The Morgan fingerprint density at radius 2 is 2.09 bits per heavy atom. The molecule has 0 saturated carbocycles. The molecular formula is C15H12N6OS. The maximum atomic E-state index is 5.27. The van der Waals surface area contributed by atoms with Gasteiger partial charge in [-0.2, -0.15) is 4.98 Å². The van der Waals surface area contributed by atoms with Crippen LogP contribution in [0.5, 0.6) is 0 Å². The van der Waals surface area contributed by atoms with E-state index < -0.39 is 0 Å². The van der Waals surface area contributed by atoms with Crippen molar-refractivity contribution >= 4 is 27.4 Å². The lowest BCUT2D eigenvalue weighted by Gasteiger charge is -2.02. The fourth-order valence-electron chi connectivity index (χ4n) is 2.22. The summed E-state index contributed by atoms with van der Waals surface area (Å²) in [5, 5.41) is 8.21. The molecule has 1 N–H and O–H groups in total. The lowest BCUT2D eigenvalue weighted by Crippen LogP contribution is -2.02. The molecule has 4 rings (SSSR count). The molecule has 0 aliphatic carbocycles. The van der Waals surface area contributed by atoms with Crippen LogP contribution in [0.3, 0.4) is 0 Å². The molecule has 23 heavy (non-hydrogen) atoms. The molecule has 8 heteroatoms. The van der Waals surface area contributed by atoms with Crippen LogP contribution in [-0.2, 0) is 6.54 Å². The Morgan fingerprint density at radius 1 is 1.22 bits per heavy atom. The van der Waals surface area contributed by atoms with Crippen molar-refractivity contribution in [1.29, 1.82) is 0 Å². The molecule has 0 bridgehead atoms. The van der Waals surface area contributed by atoms with Crippen LogP contribution in [0.4, 0.5) is 5.82 Å². The lowest BCUT2D eigenvalue weighted by atomic mass is 10.2. The summed E-state index contributed by atoms with van der Waals surface area (Å²) < 4.78 is 5.27. The number of aryl methyl sites for hydroxylation is 1. The second-order valence-corrected chi connectivity index (χ2v) is 6.13. The van der Waals surface area contributed by atoms with E-state index >= 15 is 0 Å². The Balaban J connectivity index is 1.54. The van der Waals surface area contributed by atoms with E-state index in [9.17, 15) is 0 Å². The molecule has 0 fully saturated rings. The molecule has 0 atom stereocenters. The van der Waals surface area contributed by atoms with Gasteiger partial charge in [0.2, 0.25) is 11.7 Å². The summed E-state index contributed by atoms with van der Waals surface area (Å²) in [6.45, 7) is 2.45. The van der Waals surface area contributed by atoms with Crippen LogP contribution >= 0.6 is 11.3 Å². The molecular weight excluding hydrogens is 312 g/mol. The Labute approximate surface area is 135 Å². The fraction of sp³-hybridized carbons (Fsp3) is 0.133. The average Bonchev–Trinajstić information content (AvgIpc) is 3.19. The molecule has 0 aromatic carbocycles. The Bertz CT molecular complexity index is 949. The van der Waals surface area contributed by atoms with Crippen LogP contribution in [0.2, 0.25) is 0 Å². The molecule has 0 unspecified atom stereocenters. The summed E-state index contributed by atoms with van der Waals surface area (Å²) in [4.78, 5) is 19.1. The molecule has 0 aliphatic rings. The fourth-order valence-corrected chi connectivity index (χ4v) is 3.07. The van der Waals surface area contributed by atoms with Crippen molar-refractivity contribution in [3.05, 3.63) is 47.7 Å². The highest BCUT2D eigenvalue weighted by atomic mass is 32.1. The first kappa shape index (κ1) is 13.8. The number of nitrogens with one attached hydrogen (secondary N) is 1. The number of hydrogen-bond acceptors (Lipinski definition) is 8. The second kappa shape index (κ2) is 5.73. The Morgan fingerprint density at radius 3 is 2.96 bits per heavy atom. The van der Waals surface area contributed by atoms with Crippen molar-refractivity contribution in [1.82, 2.24) is 25.1 Å². The van der Waals surface area contributed by atoms with E-state index in [0.717, 1.165) is 21.6 Å². The summed E-state index contributed by atoms with van der Waals surface area (Å²) in [6, 6.07) is 5.74. The maximum absolute atomic E-state index is 5.27. The van der Waals surface area contributed by atoms with Gasteiger partial charge < -0.3 is 9.84 Å². The van der Waals surface area contributed by atoms with Gasteiger partial charge in [0.1, 0.15) is 17.0 Å². The van der Waals surface area contributed by atoms with Crippen LogP contribution < -0.4 is 5.32 Å². The van der Waals surface area contributed by atoms with E-state index in [1.807, 2.05) is 12.1 Å². The molecule has 0 saturated heterocycles. The molecule has 114 valence electrons. The van der Waals surface area contributed by atoms with Gasteiger partial charge >= 0.3 is 0 Å². The summed E-state index contributed by atoms with van der Waals surface area (Å²) >= 11 is 1.64. The van der Waals surface area contributed by atoms with Gasteiger partial charge in [-0.05, 0) is 25.1 Å². The van der Waals surface area contributed by atoms with Crippen molar-refractivity contribution in [3.63, 3.8) is 0 Å². The first-order chi connectivity index (χ1) is 11.3. The van der Waals surface area contributed by atoms with Crippen molar-refractivity contribution in [3.8, 4) is 11.4 Å². The topological polar surface area (TPSA) is 89.6 Å². The Hall–Kier alpha value is -2.87. The van der Waals surface area contributed by atoms with E-state index in [1.54, 1.807) is 30.1 Å². The number of hydrogen-bond donors (Lipinski definition) is 1. The zero-order chi connectivity index (χ0) is 15.6. The normalized spacial score (nSPS) is 11.0. The SMILES string of the molecule is Cc1cc2c(NCc3nc(-c4ccncc4)no3)ncnc2s1. The van der Waals surface area contributed by atoms with Crippen LogP contribution in [0.1, 0.15) is 10.8 Å². The van der Waals surface area contributed by atoms with Gasteiger partial charge in [-0.25, -0.2) is 9.97 Å². The van der Waals surface area contributed by atoms with Gasteiger partial charge in [0, 0.05) is 22.8 Å². The zero-order valence-corrected chi connectivity index (χ0v) is 13.0. The minimum absolute atomic E-state index is 0.402. The van der Waals surface area contributed by atoms with Gasteiger partial charge in [-0.3, -0.25) is 4.98 Å². The van der Waals surface area contributed by atoms with Gasteiger partial charge in [-0.15, -0.1) is 11.3 Å². The third-order valence-corrected chi connectivity index (χ3v) is 4.22. The number of pyridine rings is 1. The summed E-state index contributed by atoms with van der Waals surface area (Å²) in [6.07, 6.45) is 4.94. The highest BCUT2D eigenvalue weighted by Crippen LogP contribution is 2.27. The van der Waals surface area contributed by atoms with E-state index in [1.165, 1.54) is 4.88 Å².